The SMILES string of the molecule is CC(=O)O[C@@]12CO[C@@H]1C[C@H](O)[C@@]1(C)C(=O)[C@H](O)C3=C(C)[C@@H](OC(=O)[C@H](O)[C@@H](NC(=O)OC(C)(C)C)c4ccccc4)C[C@@](O)([C@@H](OC(=O)c4cccc(Cl)c4)[C@H]21)C3(C)C. The van der Waals surface area contributed by atoms with Crippen LogP contribution in [-0.4, -0.2) is 110 Å². The van der Waals surface area contributed by atoms with Gasteiger partial charge < -0.3 is 49.4 Å². The van der Waals surface area contributed by atoms with Gasteiger partial charge in [0, 0.05) is 30.2 Å². The van der Waals surface area contributed by atoms with Crippen molar-refractivity contribution in [3.8, 4) is 0 Å². The zero-order valence-corrected chi connectivity index (χ0v) is 34.9. The number of benzene rings is 2. The van der Waals surface area contributed by atoms with E-state index in [0.29, 0.717) is 5.56 Å². The van der Waals surface area contributed by atoms with Crippen LogP contribution in [0.1, 0.15) is 90.2 Å². The molecule has 0 radical (unpaired) electrons. The highest BCUT2D eigenvalue weighted by Gasteiger charge is 2.78. The number of carbonyl (C=O) groups excluding carboxylic acids is 5. The molecule has 15 nitrogen and oxygen atoms in total. The van der Waals surface area contributed by atoms with Crippen molar-refractivity contribution in [2.24, 2.45) is 16.7 Å². The smallest absolute Gasteiger partial charge is 0.408 e. The Balaban J connectivity index is 1.49. The molecule has 0 aromatic heterocycles. The number of aliphatic hydroxyl groups is 4. The fourth-order valence-electron chi connectivity index (χ4n) is 9.60. The third-order valence-electron chi connectivity index (χ3n) is 12.6. The fourth-order valence-corrected chi connectivity index (χ4v) is 9.79. The maximum Gasteiger partial charge on any atom is 0.408 e. The third-order valence-corrected chi connectivity index (χ3v) is 12.9. The van der Waals surface area contributed by atoms with Gasteiger partial charge in [0.25, 0.3) is 0 Å². The zero-order chi connectivity index (χ0) is 43.6. The summed E-state index contributed by atoms with van der Waals surface area (Å²) in [4.78, 5) is 69.1. The first-order valence-electron chi connectivity index (χ1n) is 19.4. The van der Waals surface area contributed by atoms with Crippen molar-refractivity contribution in [3.63, 3.8) is 0 Å². The molecule has 320 valence electrons. The summed E-state index contributed by atoms with van der Waals surface area (Å²) in [7, 11) is 0. The standard InChI is InChI=1S/C43H52ClNO14/c1-21-26(56-37(52)32(49)30(23-13-10-9-11-14-23)45-38(53)59-39(3,4)5)19-43(54)35(57-36(51)24-15-12-16-25(44)17-24)33-41(8,34(50)31(48)29(21)40(43,6)7)27(47)18-28-42(33,20-55-28)58-22(2)46/h9-17,26-28,30-33,35,47-49,54H,18-20H2,1-8H3,(H,45,53)/t26-,27-,28+,30-,31+,32+,33-,35-,41+,42-,43+/m0/s1. The van der Waals surface area contributed by atoms with Crippen molar-refractivity contribution in [1.29, 1.82) is 0 Å². The molecule has 4 aliphatic rings. The van der Waals surface area contributed by atoms with E-state index in [1.165, 1.54) is 52.0 Å². The topological polar surface area (TPSA) is 224 Å². The molecule has 16 heteroatoms. The molecule has 2 aromatic rings. The molecule has 3 aliphatic carbocycles. The Bertz CT molecular complexity index is 2050. The van der Waals surface area contributed by atoms with E-state index in [0.717, 1.165) is 6.92 Å². The quantitative estimate of drug-likeness (QED) is 0.144. The van der Waals surface area contributed by atoms with Crippen LogP contribution < -0.4 is 5.32 Å². The summed E-state index contributed by atoms with van der Waals surface area (Å²) in [6.45, 7) is 11.7. The van der Waals surface area contributed by atoms with Gasteiger partial charge >= 0.3 is 24.0 Å². The van der Waals surface area contributed by atoms with E-state index < -0.39 is 112 Å². The van der Waals surface area contributed by atoms with Crippen LogP contribution >= 0.6 is 11.6 Å². The summed E-state index contributed by atoms with van der Waals surface area (Å²) < 4.78 is 29.5. The lowest BCUT2D eigenvalue weighted by atomic mass is 9.44. The van der Waals surface area contributed by atoms with Crippen LogP contribution in [0.5, 0.6) is 0 Å². The minimum absolute atomic E-state index is 0.0355. The van der Waals surface area contributed by atoms with E-state index in [9.17, 15) is 44.4 Å². The van der Waals surface area contributed by atoms with Gasteiger partial charge in [0.15, 0.2) is 17.5 Å². The van der Waals surface area contributed by atoms with Crippen LogP contribution in [0.3, 0.4) is 0 Å². The molecule has 3 fully saturated rings. The molecular formula is C43H52ClNO14. The molecule has 1 aliphatic heterocycles. The highest BCUT2D eigenvalue weighted by atomic mass is 35.5. The van der Waals surface area contributed by atoms with Gasteiger partial charge in [0.1, 0.15) is 35.6 Å². The van der Waals surface area contributed by atoms with E-state index in [2.05, 4.69) is 5.32 Å². The Morgan fingerprint density at radius 3 is 2.24 bits per heavy atom. The number of carbonyl (C=O) groups is 5. The number of hydrogen-bond acceptors (Lipinski definition) is 14. The van der Waals surface area contributed by atoms with Crippen LogP contribution in [0.4, 0.5) is 4.79 Å². The Kier molecular flexibility index (Phi) is 11.7. The number of amides is 1. The molecule has 2 aromatic carbocycles. The van der Waals surface area contributed by atoms with Gasteiger partial charge in [-0.1, -0.05) is 61.8 Å². The summed E-state index contributed by atoms with van der Waals surface area (Å²) in [6, 6.07) is 12.5. The highest BCUT2D eigenvalue weighted by Crippen LogP contribution is 2.64. The Morgan fingerprint density at radius 2 is 1.66 bits per heavy atom. The number of ether oxygens (including phenoxy) is 5. The predicted molar refractivity (Wildman–Crippen MR) is 209 cm³/mol. The second-order valence-corrected chi connectivity index (χ2v) is 18.2. The van der Waals surface area contributed by atoms with Crippen LogP contribution in [0.25, 0.3) is 0 Å². The number of esters is 3. The van der Waals surface area contributed by atoms with E-state index in [1.54, 1.807) is 51.1 Å². The molecule has 6 rings (SSSR count). The lowest BCUT2D eigenvalue weighted by molar-refractivity contribution is -0.346. The Hall–Kier alpha value is -4.38. The molecule has 2 saturated carbocycles. The average molecular weight is 842 g/mol. The zero-order valence-electron chi connectivity index (χ0n) is 34.2. The molecule has 59 heavy (non-hydrogen) atoms. The van der Waals surface area contributed by atoms with Crippen LogP contribution in [0.2, 0.25) is 5.02 Å². The largest absolute Gasteiger partial charge is 0.456 e. The number of fused-ring (bicyclic) bond motifs is 5. The molecule has 1 saturated heterocycles. The van der Waals surface area contributed by atoms with Gasteiger partial charge in [-0.15, -0.1) is 0 Å². The maximum atomic E-state index is 15.0. The number of alkyl carbamates (subject to hydrolysis) is 1. The second-order valence-electron chi connectivity index (χ2n) is 17.7. The molecular weight excluding hydrogens is 790 g/mol. The number of aliphatic hydroxyl groups excluding tert-OH is 3. The van der Waals surface area contributed by atoms with E-state index >= 15 is 0 Å². The van der Waals surface area contributed by atoms with Gasteiger partial charge in [0.05, 0.1) is 35.6 Å². The van der Waals surface area contributed by atoms with Crippen molar-refractivity contribution >= 4 is 41.4 Å². The molecule has 1 heterocycles. The number of nitrogens with one attached hydrogen (secondary N) is 1. The average Bonchev–Trinajstić information content (AvgIpc) is 3.14. The number of hydrogen-bond donors (Lipinski definition) is 5. The molecule has 11 atom stereocenters. The normalized spacial score (nSPS) is 33.3. The summed E-state index contributed by atoms with van der Waals surface area (Å²) in [5.41, 5.74) is -8.43. The van der Waals surface area contributed by atoms with Gasteiger partial charge in [-0.2, -0.15) is 0 Å². The first kappa shape index (κ1) is 44.2. The monoisotopic (exact) mass is 841 g/mol. The van der Waals surface area contributed by atoms with Gasteiger partial charge in [-0.3, -0.25) is 9.59 Å². The minimum atomic E-state index is -2.39. The third kappa shape index (κ3) is 7.54. The van der Waals surface area contributed by atoms with Gasteiger partial charge in [0.2, 0.25) is 0 Å². The molecule has 2 bridgehead atoms. The van der Waals surface area contributed by atoms with Gasteiger partial charge in [-0.25, -0.2) is 14.4 Å². The van der Waals surface area contributed by atoms with Crippen molar-refractivity contribution in [2.75, 3.05) is 6.61 Å². The number of Topliss-reactive ketones (excluding diaryl/α,β-unsaturated/α-hetero) is 1. The molecule has 0 spiro atoms. The van der Waals surface area contributed by atoms with Crippen molar-refractivity contribution in [3.05, 3.63) is 81.9 Å². The summed E-state index contributed by atoms with van der Waals surface area (Å²) in [5, 5.41) is 51.8. The Labute approximate surface area is 346 Å². The van der Waals surface area contributed by atoms with Gasteiger partial charge in [-0.05, 0) is 69.5 Å². The summed E-state index contributed by atoms with van der Waals surface area (Å²) in [5.74, 6) is -5.53. The van der Waals surface area contributed by atoms with Crippen molar-refractivity contribution in [2.45, 2.75) is 128 Å². The van der Waals surface area contributed by atoms with E-state index in [1.807, 2.05) is 0 Å². The van der Waals surface area contributed by atoms with Crippen LogP contribution in [-0.2, 0) is 38.1 Å². The van der Waals surface area contributed by atoms with Crippen LogP contribution in [0.15, 0.2) is 65.7 Å². The Morgan fingerprint density at radius 1 is 1.00 bits per heavy atom. The fraction of sp³-hybridized carbons (Fsp3) is 0.558. The summed E-state index contributed by atoms with van der Waals surface area (Å²) in [6.07, 6.45) is -11.7. The number of rotatable bonds is 8. The van der Waals surface area contributed by atoms with Crippen molar-refractivity contribution in [1.82, 2.24) is 5.32 Å². The highest BCUT2D eigenvalue weighted by molar-refractivity contribution is 6.30. The lowest BCUT2D eigenvalue weighted by Gasteiger charge is -2.67. The molecule has 5 N–H and O–H groups in total. The van der Waals surface area contributed by atoms with Crippen LogP contribution in [0, 0.1) is 16.7 Å². The van der Waals surface area contributed by atoms with Crippen molar-refractivity contribution < 1.29 is 68.1 Å². The van der Waals surface area contributed by atoms with E-state index in [4.69, 9.17) is 35.3 Å². The second kappa shape index (κ2) is 15.6. The lowest BCUT2D eigenvalue weighted by Crippen LogP contribution is -2.81. The maximum absolute atomic E-state index is 15.0. The molecule has 0 unspecified atom stereocenters. The predicted octanol–water partition coefficient (Wildman–Crippen LogP) is 3.91. The number of halogens is 1. The first-order chi connectivity index (χ1) is 27.4. The molecule has 1 amide bonds. The summed E-state index contributed by atoms with van der Waals surface area (Å²) >= 11 is 6.24. The minimum Gasteiger partial charge on any atom is -0.456 e. The number of ketones is 1. The van der Waals surface area contributed by atoms with E-state index in [-0.39, 0.29) is 34.8 Å². The first-order valence-corrected chi connectivity index (χ1v) is 19.8.